The Morgan fingerprint density at radius 3 is 2.37 bits per heavy atom. The molecule has 0 saturated carbocycles. The number of ketones is 1. The van der Waals surface area contributed by atoms with Gasteiger partial charge < -0.3 is 0 Å². The molecule has 0 radical (unpaired) electrons. The highest BCUT2D eigenvalue weighted by Crippen LogP contribution is 2.20. The zero-order chi connectivity index (χ0) is 13.8. The summed E-state index contributed by atoms with van der Waals surface area (Å²) in [6, 6.07) is 6.68. The number of carbonyl (C=O) groups is 1. The van der Waals surface area contributed by atoms with E-state index in [1.807, 2.05) is 0 Å². The predicted octanol–water partition coefficient (Wildman–Crippen LogP) is 2.40. The first-order valence-electron chi connectivity index (χ1n) is 6.52. The number of carbonyl (C=O) groups excluding carboxylic acids is 1. The smallest absolute Gasteiger partial charge is 0.269 e. The number of Topliss-reactive ketones (excluding diaryl/α,β-unsaturated/α-hetero) is 1. The van der Waals surface area contributed by atoms with Gasteiger partial charge in [-0.1, -0.05) is 12.1 Å². The van der Waals surface area contributed by atoms with Crippen LogP contribution in [0.25, 0.3) is 0 Å². The number of nitro benzene ring substituents is 1. The van der Waals surface area contributed by atoms with Crippen molar-refractivity contribution in [3.63, 3.8) is 0 Å². The van der Waals surface area contributed by atoms with E-state index in [2.05, 4.69) is 4.90 Å². The molecule has 0 spiro atoms. The van der Waals surface area contributed by atoms with E-state index in [1.54, 1.807) is 19.1 Å². The lowest BCUT2D eigenvalue weighted by atomic mass is 9.93. The van der Waals surface area contributed by atoms with Gasteiger partial charge in [0.1, 0.15) is 5.78 Å². The van der Waals surface area contributed by atoms with Gasteiger partial charge in [0.25, 0.3) is 5.69 Å². The van der Waals surface area contributed by atoms with Gasteiger partial charge in [-0.3, -0.25) is 19.8 Å². The van der Waals surface area contributed by atoms with E-state index in [-0.39, 0.29) is 22.3 Å². The molecule has 0 atom stereocenters. The van der Waals surface area contributed by atoms with Gasteiger partial charge in [-0.2, -0.15) is 0 Å². The summed E-state index contributed by atoms with van der Waals surface area (Å²) < 4.78 is 0. The molecule has 2 rings (SSSR count). The van der Waals surface area contributed by atoms with Gasteiger partial charge in [0.05, 0.1) is 4.92 Å². The summed E-state index contributed by atoms with van der Waals surface area (Å²) in [4.78, 5) is 23.8. The highest BCUT2D eigenvalue weighted by atomic mass is 16.6. The number of rotatable bonds is 4. The van der Waals surface area contributed by atoms with Gasteiger partial charge in [0, 0.05) is 24.6 Å². The molecule has 1 saturated heterocycles. The molecule has 5 heteroatoms. The van der Waals surface area contributed by atoms with Gasteiger partial charge in [-0.25, -0.2) is 0 Å². The van der Waals surface area contributed by atoms with E-state index in [0.717, 1.165) is 38.0 Å². The molecule has 0 amide bonds. The van der Waals surface area contributed by atoms with Crippen molar-refractivity contribution >= 4 is 11.5 Å². The molecule has 1 aromatic rings. The Bertz CT molecular complexity index is 462. The van der Waals surface area contributed by atoms with Gasteiger partial charge >= 0.3 is 0 Å². The normalized spacial score (nSPS) is 17.3. The van der Waals surface area contributed by atoms with Crippen molar-refractivity contribution in [2.24, 2.45) is 5.92 Å². The molecule has 0 aromatic heterocycles. The fourth-order valence-electron chi connectivity index (χ4n) is 2.48. The molecule has 1 aromatic carbocycles. The van der Waals surface area contributed by atoms with Crippen LogP contribution in [0, 0.1) is 16.0 Å². The number of nitro groups is 1. The first-order valence-corrected chi connectivity index (χ1v) is 6.52. The second kappa shape index (κ2) is 5.93. The van der Waals surface area contributed by atoms with Crippen LogP contribution >= 0.6 is 0 Å². The van der Waals surface area contributed by atoms with Crippen molar-refractivity contribution in [1.29, 1.82) is 0 Å². The van der Waals surface area contributed by atoms with E-state index in [4.69, 9.17) is 0 Å². The molecule has 1 heterocycles. The van der Waals surface area contributed by atoms with Crippen molar-refractivity contribution in [3.8, 4) is 0 Å². The number of benzene rings is 1. The second-order valence-electron chi connectivity index (χ2n) is 5.08. The number of hydrogen-bond acceptors (Lipinski definition) is 4. The molecule has 0 bridgehead atoms. The van der Waals surface area contributed by atoms with E-state index in [1.165, 1.54) is 12.1 Å². The Hall–Kier alpha value is -1.75. The van der Waals surface area contributed by atoms with Crippen LogP contribution < -0.4 is 0 Å². The summed E-state index contributed by atoms with van der Waals surface area (Å²) in [5.41, 5.74) is 1.20. The Labute approximate surface area is 112 Å². The Balaban J connectivity index is 1.88. The molecule has 0 aliphatic carbocycles. The fourth-order valence-corrected chi connectivity index (χ4v) is 2.48. The molecule has 5 nitrogen and oxygen atoms in total. The molecule has 1 aliphatic rings. The molecule has 0 unspecified atom stereocenters. The molecule has 1 aliphatic heterocycles. The quantitative estimate of drug-likeness (QED) is 0.617. The summed E-state index contributed by atoms with van der Waals surface area (Å²) in [7, 11) is 0. The first-order chi connectivity index (χ1) is 9.06. The molecular formula is C14H18N2O3. The van der Waals surface area contributed by atoms with Gasteiger partial charge in [-0.15, -0.1) is 0 Å². The van der Waals surface area contributed by atoms with Crippen molar-refractivity contribution in [2.75, 3.05) is 13.1 Å². The minimum absolute atomic E-state index is 0.124. The summed E-state index contributed by atoms with van der Waals surface area (Å²) in [5, 5.41) is 10.6. The molecule has 102 valence electrons. The second-order valence-corrected chi connectivity index (χ2v) is 5.08. The number of non-ortho nitro benzene ring substituents is 1. The largest absolute Gasteiger partial charge is 0.300 e. The van der Waals surface area contributed by atoms with E-state index in [9.17, 15) is 14.9 Å². The van der Waals surface area contributed by atoms with E-state index >= 15 is 0 Å². The monoisotopic (exact) mass is 262 g/mol. The molecule has 1 fully saturated rings. The van der Waals surface area contributed by atoms with Crippen molar-refractivity contribution < 1.29 is 9.72 Å². The number of piperidine rings is 1. The molecule has 0 N–H and O–H groups in total. The van der Waals surface area contributed by atoms with Crippen molar-refractivity contribution in [2.45, 2.75) is 26.3 Å². The summed E-state index contributed by atoms with van der Waals surface area (Å²) >= 11 is 0. The number of hydrogen-bond donors (Lipinski definition) is 0. The fraction of sp³-hybridized carbons (Fsp3) is 0.500. The number of nitrogens with zero attached hydrogens (tertiary/aromatic N) is 2. The Kier molecular flexibility index (Phi) is 4.27. The third-order valence-electron chi connectivity index (χ3n) is 3.72. The average Bonchev–Trinajstić information content (AvgIpc) is 2.40. The van der Waals surface area contributed by atoms with Crippen LogP contribution in [0.2, 0.25) is 0 Å². The minimum atomic E-state index is -0.387. The zero-order valence-electron chi connectivity index (χ0n) is 11.0. The van der Waals surface area contributed by atoms with Crippen LogP contribution in [-0.4, -0.2) is 28.7 Å². The van der Waals surface area contributed by atoms with Gasteiger partial charge in [0.15, 0.2) is 0 Å². The zero-order valence-corrected chi connectivity index (χ0v) is 11.0. The van der Waals surface area contributed by atoms with Crippen LogP contribution in [0.15, 0.2) is 24.3 Å². The van der Waals surface area contributed by atoms with E-state index < -0.39 is 0 Å². The summed E-state index contributed by atoms with van der Waals surface area (Å²) in [6.45, 7) is 4.29. The minimum Gasteiger partial charge on any atom is -0.300 e. The Morgan fingerprint density at radius 1 is 1.32 bits per heavy atom. The van der Waals surface area contributed by atoms with Crippen molar-refractivity contribution in [1.82, 2.24) is 4.90 Å². The molecule has 19 heavy (non-hydrogen) atoms. The van der Waals surface area contributed by atoms with Gasteiger partial charge in [-0.05, 0) is 38.4 Å². The Morgan fingerprint density at radius 2 is 1.89 bits per heavy atom. The number of likely N-dealkylation sites (tertiary alicyclic amines) is 1. The summed E-state index contributed by atoms with van der Waals surface area (Å²) in [6.07, 6.45) is 1.84. The van der Waals surface area contributed by atoms with Crippen LogP contribution in [0.1, 0.15) is 25.3 Å². The third kappa shape index (κ3) is 3.61. The van der Waals surface area contributed by atoms with E-state index in [0.29, 0.717) is 0 Å². The van der Waals surface area contributed by atoms with Gasteiger partial charge in [0.2, 0.25) is 0 Å². The average molecular weight is 262 g/mol. The maximum absolute atomic E-state index is 11.3. The maximum atomic E-state index is 11.3. The van der Waals surface area contributed by atoms with Crippen LogP contribution in [0.5, 0.6) is 0 Å². The standard InChI is InChI=1S/C14H18N2O3/c1-11(17)13-6-8-15(9-7-13)10-12-2-4-14(5-3-12)16(18)19/h2-5,13H,6-10H2,1H3. The third-order valence-corrected chi connectivity index (χ3v) is 3.72. The maximum Gasteiger partial charge on any atom is 0.269 e. The lowest BCUT2D eigenvalue weighted by molar-refractivity contribution is -0.384. The van der Waals surface area contributed by atoms with Crippen LogP contribution in [0.4, 0.5) is 5.69 Å². The summed E-state index contributed by atoms with van der Waals surface area (Å²) in [5.74, 6) is 0.503. The SMILES string of the molecule is CC(=O)C1CCN(Cc2ccc([N+](=O)[O-])cc2)CC1. The lowest BCUT2D eigenvalue weighted by Gasteiger charge is -2.30. The van der Waals surface area contributed by atoms with Crippen LogP contribution in [-0.2, 0) is 11.3 Å². The lowest BCUT2D eigenvalue weighted by Crippen LogP contribution is -2.35. The topological polar surface area (TPSA) is 63.5 Å². The highest BCUT2D eigenvalue weighted by molar-refractivity contribution is 5.78. The highest BCUT2D eigenvalue weighted by Gasteiger charge is 2.22. The molecular weight excluding hydrogens is 244 g/mol. The first kappa shape index (κ1) is 13.7. The predicted molar refractivity (Wildman–Crippen MR) is 71.8 cm³/mol. The van der Waals surface area contributed by atoms with Crippen molar-refractivity contribution in [3.05, 3.63) is 39.9 Å². The van der Waals surface area contributed by atoms with Crippen LogP contribution in [0.3, 0.4) is 0 Å².